The predicted molar refractivity (Wildman–Crippen MR) is 116 cm³/mol. The molecule has 0 atom stereocenters. The lowest BCUT2D eigenvalue weighted by Crippen LogP contribution is -1.95. The second kappa shape index (κ2) is 8.05. The lowest BCUT2D eigenvalue weighted by atomic mass is 10.1. The molecular formula is C25H24N2. The minimum Gasteiger partial charge on any atom is -0.347 e. The third-order valence-electron chi connectivity index (χ3n) is 4.92. The van der Waals surface area contributed by atoms with Gasteiger partial charge >= 0.3 is 0 Å². The summed E-state index contributed by atoms with van der Waals surface area (Å²) >= 11 is 0. The molecular weight excluding hydrogens is 328 g/mol. The van der Waals surface area contributed by atoms with Gasteiger partial charge in [-0.3, -0.25) is 4.98 Å². The fourth-order valence-electron chi connectivity index (χ4n) is 3.50. The van der Waals surface area contributed by atoms with Gasteiger partial charge in [0.05, 0.1) is 11.0 Å². The van der Waals surface area contributed by atoms with Crippen LogP contribution in [-0.2, 0) is 6.54 Å². The number of nitrogens with zero attached hydrogens (tertiary/aromatic N) is 2. The van der Waals surface area contributed by atoms with Crippen molar-refractivity contribution in [2.45, 2.75) is 26.3 Å². The van der Waals surface area contributed by atoms with Crippen LogP contribution in [0.25, 0.3) is 32.6 Å². The molecule has 2 heteroatoms. The topological polar surface area (TPSA) is 17.8 Å². The zero-order chi connectivity index (χ0) is 18.5. The molecule has 0 bridgehead atoms. The van der Waals surface area contributed by atoms with Gasteiger partial charge in [0.2, 0.25) is 0 Å². The smallest absolute Gasteiger partial charge is 0.0701 e. The number of benzene rings is 3. The molecule has 2 heterocycles. The number of fused-ring (bicyclic) bond motifs is 4. The Balaban J connectivity index is 0.000000153. The Bertz CT molecular complexity index is 1110. The number of unbranched alkanes of at least 4 members (excludes halogenated alkanes) is 1. The standard InChI is InChI=1S/C16H17N.C9H7N/c1-2-3-11-17-12-10-14-9-8-13-6-4-5-7-15(13)16(14)17;1-2-6-9-8(4-1)5-3-7-10-9/h4-10,12H,2-3,11H2,1H3;1-7H. The highest BCUT2D eigenvalue weighted by atomic mass is 14.9. The monoisotopic (exact) mass is 352 g/mol. The van der Waals surface area contributed by atoms with Gasteiger partial charge in [0, 0.05) is 35.1 Å². The molecule has 5 rings (SSSR count). The predicted octanol–water partition coefficient (Wildman–Crippen LogP) is 6.83. The Labute approximate surface area is 160 Å². The Morgan fingerprint density at radius 3 is 2.33 bits per heavy atom. The van der Waals surface area contributed by atoms with Gasteiger partial charge in [-0.05, 0) is 30.0 Å². The molecule has 0 aliphatic heterocycles. The quantitative estimate of drug-likeness (QED) is 0.348. The van der Waals surface area contributed by atoms with Gasteiger partial charge in [-0.2, -0.15) is 0 Å². The maximum Gasteiger partial charge on any atom is 0.0701 e. The number of hydrogen-bond acceptors (Lipinski definition) is 1. The van der Waals surface area contributed by atoms with E-state index in [0.717, 1.165) is 12.1 Å². The van der Waals surface area contributed by atoms with Gasteiger partial charge in [0.25, 0.3) is 0 Å². The second-order valence-corrected chi connectivity index (χ2v) is 6.78. The Morgan fingerprint density at radius 1 is 0.741 bits per heavy atom. The molecule has 0 fully saturated rings. The third-order valence-corrected chi connectivity index (χ3v) is 4.92. The fourth-order valence-corrected chi connectivity index (χ4v) is 3.50. The van der Waals surface area contributed by atoms with E-state index in [1.54, 1.807) is 0 Å². The Hall–Kier alpha value is -3.13. The first-order valence-corrected chi connectivity index (χ1v) is 9.63. The highest BCUT2D eigenvalue weighted by Crippen LogP contribution is 2.26. The van der Waals surface area contributed by atoms with Gasteiger partial charge in [-0.1, -0.05) is 74.0 Å². The van der Waals surface area contributed by atoms with Gasteiger partial charge in [0.15, 0.2) is 0 Å². The lowest BCUT2D eigenvalue weighted by molar-refractivity contribution is 0.651. The van der Waals surface area contributed by atoms with Crippen LogP contribution in [0.3, 0.4) is 0 Å². The SMILES string of the molecule is CCCCn1ccc2ccc3ccccc3c21.c1ccc2ncccc2c1. The number of pyridine rings is 1. The van der Waals surface area contributed by atoms with E-state index in [9.17, 15) is 0 Å². The molecule has 0 radical (unpaired) electrons. The average Bonchev–Trinajstić information content (AvgIpc) is 3.16. The molecule has 0 saturated heterocycles. The minimum absolute atomic E-state index is 1.06. The first-order valence-electron chi connectivity index (χ1n) is 9.63. The van der Waals surface area contributed by atoms with E-state index >= 15 is 0 Å². The van der Waals surface area contributed by atoms with Crippen molar-refractivity contribution in [1.82, 2.24) is 9.55 Å². The van der Waals surface area contributed by atoms with E-state index in [4.69, 9.17) is 0 Å². The van der Waals surface area contributed by atoms with E-state index in [1.807, 2.05) is 30.5 Å². The Kier molecular flexibility index (Phi) is 5.15. The summed E-state index contributed by atoms with van der Waals surface area (Å²) in [5.41, 5.74) is 2.45. The maximum absolute atomic E-state index is 4.18. The van der Waals surface area contributed by atoms with Gasteiger partial charge in [0.1, 0.15) is 0 Å². The van der Waals surface area contributed by atoms with Gasteiger partial charge in [-0.15, -0.1) is 0 Å². The van der Waals surface area contributed by atoms with E-state index < -0.39 is 0 Å². The Morgan fingerprint density at radius 2 is 1.48 bits per heavy atom. The second-order valence-electron chi connectivity index (χ2n) is 6.78. The molecule has 0 unspecified atom stereocenters. The number of para-hydroxylation sites is 1. The van der Waals surface area contributed by atoms with Gasteiger partial charge in [-0.25, -0.2) is 0 Å². The van der Waals surface area contributed by atoms with Crippen molar-refractivity contribution in [3.05, 3.63) is 91.3 Å². The van der Waals surface area contributed by atoms with Crippen LogP contribution < -0.4 is 0 Å². The molecule has 0 aliphatic carbocycles. The largest absolute Gasteiger partial charge is 0.347 e. The van der Waals surface area contributed by atoms with E-state index in [1.165, 1.54) is 39.9 Å². The van der Waals surface area contributed by atoms with Crippen LogP contribution in [0, 0.1) is 0 Å². The summed E-state index contributed by atoms with van der Waals surface area (Å²) in [6.07, 6.45) is 6.51. The molecule has 27 heavy (non-hydrogen) atoms. The summed E-state index contributed by atoms with van der Waals surface area (Å²) in [6, 6.07) is 27.4. The van der Waals surface area contributed by atoms with Crippen molar-refractivity contribution < 1.29 is 0 Å². The van der Waals surface area contributed by atoms with Crippen LogP contribution in [0.1, 0.15) is 19.8 Å². The molecule has 134 valence electrons. The van der Waals surface area contributed by atoms with Crippen LogP contribution >= 0.6 is 0 Å². The van der Waals surface area contributed by atoms with Crippen LogP contribution in [0.15, 0.2) is 91.3 Å². The summed E-state index contributed by atoms with van der Waals surface area (Å²) in [6.45, 7) is 3.36. The van der Waals surface area contributed by atoms with Crippen molar-refractivity contribution >= 4 is 32.6 Å². The van der Waals surface area contributed by atoms with Crippen LogP contribution in [0.5, 0.6) is 0 Å². The molecule has 5 aromatic rings. The normalized spacial score (nSPS) is 10.9. The fraction of sp³-hybridized carbons (Fsp3) is 0.160. The zero-order valence-corrected chi connectivity index (χ0v) is 15.7. The first-order chi connectivity index (χ1) is 13.4. The maximum atomic E-state index is 4.18. The summed E-state index contributed by atoms with van der Waals surface area (Å²) in [4.78, 5) is 4.18. The molecule has 0 aliphatic rings. The molecule has 2 aromatic heterocycles. The summed E-state index contributed by atoms with van der Waals surface area (Å²) in [5, 5.41) is 5.24. The summed E-state index contributed by atoms with van der Waals surface area (Å²) in [7, 11) is 0. The summed E-state index contributed by atoms with van der Waals surface area (Å²) < 4.78 is 2.39. The lowest BCUT2D eigenvalue weighted by Gasteiger charge is -2.07. The van der Waals surface area contributed by atoms with Crippen molar-refractivity contribution in [1.29, 1.82) is 0 Å². The highest BCUT2D eigenvalue weighted by molar-refractivity contribution is 6.05. The highest BCUT2D eigenvalue weighted by Gasteiger charge is 2.04. The van der Waals surface area contributed by atoms with E-state index in [0.29, 0.717) is 0 Å². The number of hydrogen-bond donors (Lipinski definition) is 0. The summed E-state index contributed by atoms with van der Waals surface area (Å²) in [5.74, 6) is 0. The van der Waals surface area contributed by atoms with Crippen LogP contribution in [0.4, 0.5) is 0 Å². The molecule has 0 amide bonds. The van der Waals surface area contributed by atoms with Crippen molar-refractivity contribution in [2.75, 3.05) is 0 Å². The van der Waals surface area contributed by atoms with Crippen molar-refractivity contribution in [3.63, 3.8) is 0 Å². The number of rotatable bonds is 3. The molecule has 0 spiro atoms. The van der Waals surface area contributed by atoms with Gasteiger partial charge < -0.3 is 4.57 Å². The number of aryl methyl sites for hydroxylation is 1. The zero-order valence-electron chi connectivity index (χ0n) is 15.7. The molecule has 0 saturated carbocycles. The average molecular weight is 352 g/mol. The molecule has 2 nitrogen and oxygen atoms in total. The van der Waals surface area contributed by atoms with Crippen molar-refractivity contribution in [3.8, 4) is 0 Å². The van der Waals surface area contributed by atoms with Crippen LogP contribution in [-0.4, -0.2) is 9.55 Å². The molecule has 0 N–H and O–H groups in total. The third kappa shape index (κ3) is 3.70. The molecule has 3 aromatic carbocycles. The van der Waals surface area contributed by atoms with Crippen LogP contribution in [0.2, 0.25) is 0 Å². The number of aromatic nitrogens is 2. The van der Waals surface area contributed by atoms with E-state index in [-0.39, 0.29) is 0 Å². The minimum atomic E-state index is 1.06. The van der Waals surface area contributed by atoms with Crippen molar-refractivity contribution in [2.24, 2.45) is 0 Å². The van der Waals surface area contributed by atoms with E-state index in [2.05, 4.69) is 77.3 Å². The first kappa shape index (κ1) is 17.3.